The first-order valence-electron chi connectivity index (χ1n) is 8.75. The number of rotatable bonds is 5. The fourth-order valence-electron chi connectivity index (χ4n) is 3.61. The average molecular weight is 295 g/mol. The summed E-state index contributed by atoms with van der Waals surface area (Å²) in [5.41, 5.74) is -0.269. The number of carbonyl (C=O) groups excluding carboxylic acids is 1. The summed E-state index contributed by atoms with van der Waals surface area (Å²) in [6, 6.07) is 0.453. The number of nitrogens with one attached hydrogen (secondary N) is 2. The molecule has 4 heteroatoms. The van der Waals surface area contributed by atoms with Crippen molar-refractivity contribution in [1.82, 2.24) is 15.5 Å². The zero-order valence-corrected chi connectivity index (χ0v) is 14.1. The normalized spacial score (nSPS) is 26.3. The SMILES string of the molecule is CC(CNC(=O)C(C)(C)C1CCCNC1)N1CCCCC1. The Labute approximate surface area is 130 Å². The maximum absolute atomic E-state index is 12.6. The van der Waals surface area contributed by atoms with Crippen LogP contribution in [0, 0.1) is 11.3 Å². The third-order valence-electron chi connectivity index (χ3n) is 5.47. The van der Waals surface area contributed by atoms with Crippen molar-refractivity contribution in [2.75, 3.05) is 32.7 Å². The number of amides is 1. The van der Waals surface area contributed by atoms with E-state index >= 15 is 0 Å². The van der Waals surface area contributed by atoms with Crippen LogP contribution in [0.2, 0.25) is 0 Å². The Balaban J connectivity index is 1.79. The standard InChI is InChI=1S/C17H33N3O/c1-14(20-10-5-4-6-11-20)12-19-16(21)17(2,3)15-8-7-9-18-13-15/h14-15,18H,4-13H2,1-3H3,(H,19,21). The van der Waals surface area contributed by atoms with Gasteiger partial charge in [-0.1, -0.05) is 20.3 Å². The van der Waals surface area contributed by atoms with Gasteiger partial charge in [0.2, 0.25) is 5.91 Å². The van der Waals surface area contributed by atoms with Gasteiger partial charge < -0.3 is 10.6 Å². The molecule has 0 spiro atoms. The highest BCUT2D eigenvalue weighted by Crippen LogP contribution is 2.31. The molecule has 0 aromatic carbocycles. The second kappa shape index (κ2) is 7.59. The number of hydrogen-bond donors (Lipinski definition) is 2. The lowest BCUT2D eigenvalue weighted by molar-refractivity contribution is -0.132. The number of carbonyl (C=O) groups is 1. The zero-order valence-electron chi connectivity index (χ0n) is 14.1. The van der Waals surface area contributed by atoms with Crippen LogP contribution in [-0.4, -0.2) is 49.6 Å². The van der Waals surface area contributed by atoms with E-state index in [-0.39, 0.29) is 11.3 Å². The molecule has 2 aliphatic heterocycles. The van der Waals surface area contributed by atoms with E-state index in [0.29, 0.717) is 12.0 Å². The van der Waals surface area contributed by atoms with Crippen molar-refractivity contribution < 1.29 is 4.79 Å². The van der Waals surface area contributed by atoms with Crippen molar-refractivity contribution in [2.24, 2.45) is 11.3 Å². The van der Waals surface area contributed by atoms with Crippen molar-refractivity contribution >= 4 is 5.91 Å². The van der Waals surface area contributed by atoms with Crippen LogP contribution >= 0.6 is 0 Å². The number of piperidine rings is 2. The summed E-state index contributed by atoms with van der Waals surface area (Å²) >= 11 is 0. The van der Waals surface area contributed by atoms with E-state index in [2.05, 4.69) is 36.3 Å². The van der Waals surface area contributed by atoms with Gasteiger partial charge in [0, 0.05) is 18.0 Å². The molecule has 2 atom stereocenters. The van der Waals surface area contributed by atoms with Crippen LogP contribution in [0.3, 0.4) is 0 Å². The summed E-state index contributed by atoms with van der Waals surface area (Å²) in [5, 5.41) is 6.63. The van der Waals surface area contributed by atoms with Gasteiger partial charge in [0.15, 0.2) is 0 Å². The largest absolute Gasteiger partial charge is 0.354 e. The minimum atomic E-state index is -0.269. The van der Waals surface area contributed by atoms with Crippen LogP contribution in [0.25, 0.3) is 0 Å². The van der Waals surface area contributed by atoms with E-state index in [4.69, 9.17) is 0 Å². The van der Waals surface area contributed by atoms with Gasteiger partial charge in [-0.2, -0.15) is 0 Å². The molecule has 0 aromatic heterocycles. The molecule has 2 aliphatic rings. The average Bonchev–Trinajstić information content (AvgIpc) is 2.53. The van der Waals surface area contributed by atoms with Gasteiger partial charge in [0.05, 0.1) is 0 Å². The second-order valence-corrected chi connectivity index (χ2v) is 7.42. The predicted molar refractivity (Wildman–Crippen MR) is 87.3 cm³/mol. The third-order valence-corrected chi connectivity index (χ3v) is 5.47. The summed E-state index contributed by atoms with van der Waals surface area (Å²) in [5.74, 6) is 0.677. The van der Waals surface area contributed by atoms with Crippen LogP contribution in [0.5, 0.6) is 0 Å². The third kappa shape index (κ3) is 4.43. The summed E-state index contributed by atoms with van der Waals surface area (Å²) in [4.78, 5) is 15.1. The number of hydrogen-bond acceptors (Lipinski definition) is 3. The lowest BCUT2D eigenvalue weighted by Gasteiger charge is -2.37. The molecule has 1 amide bonds. The molecule has 0 aliphatic carbocycles. The lowest BCUT2D eigenvalue weighted by atomic mass is 9.74. The Kier molecular flexibility index (Phi) is 6.06. The Hall–Kier alpha value is -0.610. The van der Waals surface area contributed by atoms with E-state index in [1.54, 1.807) is 0 Å². The van der Waals surface area contributed by atoms with E-state index in [0.717, 1.165) is 26.1 Å². The van der Waals surface area contributed by atoms with Crippen LogP contribution in [-0.2, 0) is 4.79 Å². The highest BCUT2D eigenvalue weighted by Gasteiger charge is 2.37. The Morgan fingerprint density at radius 3 is 2.62 bits per heavy atom. The number of nitrogens with zero attached hydrogens (tertiary/aromatic N) is 1. The van der Waals surface area contributed by atoms with Gasteiger partial charge in [0.1, 0.15) is 0 Å². The van der Waals surface area contributed by atoms with Crippen LogP contribution in [0.1, 0.15) is 52.9 Å². The molecular formula is C17H33N3O. The molecule has 2 fully saturated rings. The molecule has 0 aromatic rings. The minimum absolute atomic E-state index is 0.222. The smallest absolute Gasteiger partial charge is 0.226 e. The summed E-state index contributed by atoms with van der Waals surface area (Å²) < 4.78 is 0. The first-order chi connectivity index (χ1) is 10.0. The highest BCUT2D eigenvalue weighted by molar-refractivity contribution is 5.82. The summed E-state index contributed by atoms with van der Waals surface area (Å²) in [6.45, 7) is 11.7. The van der Waals surface area contributed by atoms with E-state index in [1.807, 2.05) is 0 Å². The fraction of sp³-hybridized carbons (Fsp3) is 0.941. The highest BCUT2D eigenvalue weighted by atomic mass is 16.2. The molecule has 2 N–H and O–H groups in total. The van der Waals surface area contributed by atoms with E-state index in [9.17, 15) is 4.79 Å². The van der Waals surface area contributed by atoms with Gasteiger partial charge in [-0.15, -0.1) is 0 Å². The van der Waals surface area contributed by atoms with Gasteiger partial charge in [0.25, 0.3) is 0 Å². The maximum Gasteiger partial charge on any atom is 0.226 e. The predicted octanol–water partition coefficient (Wildman–Crippen LogP) is 2.00. The van der Waals surface area contributed by atoms with Crippen molar-refractivity contribution in [2.45, 2.75) is 58.9 Å². The Morgan fingerprint density at radius 2 is 2.00 bits per heavy atom. The van der Waals surface area contributed by atoms with E-state index < -0.39 is 0 Å². The first-order valence-corrected chi connectivity index (χ1v) is 8.75. The molecule has 0 bridgehead atoms. The lowest BCUT2D eigenvalue weighted by Crippen LogP contribution is -2.50. The van der Waals surface area contributed by atoms with Gasteiger partial charge in [-0.3, -0.25) is 9.69 Å². The Bertz CT molecular complexity index is 331. The fourth-order valence-corrected chi connectivity index (χ4v) is 3.61. The Morgan fingerprint density at radius 1 is 1.29 bits per heavy atom. The van der Waals surface area contributed by atoms with Crippen molar-refractivity contribution in [1.29, 1.82) is 0 Å². The molecule has 2 rings (SSSR count). The molecule has 4 nitrogen and oxygen atoms in total. The van der Waals surface area contributed by atoms with Crippen LogP contribution in [0.15, 0.2) is 0 Å². The molecule has 0 radical (unpaired) electrons. The monoisotopic (exact) mass is 295 g/mol. The second-order valence-electron chi connectivity index (χ2n) is 7.42. The zero-order chi connectivity index (χ0) is 15.3. The van der Waals surface area contributed by atoms with Gasteiger partial charge in [-0.05, 0) is 64.7 Å². The van der Waals surface area contributed by atoms with E-state index in [1.165, 1.54) is 38.8 Å². The molecular weight excluding hydrogens is 262 g/mol. The van der Waals surface area contributed by atoms with Crippen LogP contribution in [0.4, 0.5) is 0 Å². The summed E-state index contributed by atoms with van der Waals surface area (Å²) in [6.07, 6.45) is 6.31. The van der Waals surface area contributed by atoms with Gasteiger partial charge >= 0.3 is 0 Å². The molecule has 2 unspecified atom stereocenters. The molecule has 122 valence electrons. The van der Waals surface area contributed by atoms with Crippen molar-refractivity contribution in [3.8, 4) is 0 Å². The maximum atomic E-state index is 12.6. The molecule has 2 saturated heterocycles. The number of likely N-dealkylation sites (tertiary alicyclic amines) is 1. The van der Waals surface area contributed by atoms with Crippen molar-refractivity contribution in [3.63, 3.8) is 0 Å². The van der Waals surface area contributed by atoms with Crippen LogP contribution < -0.4 is 10.6 Å². The minimum Gasteiger partial charge on any atom is -0.354 e. The molecule has 21 heavy (non-hydrogen) atoms. The summed E-state index contributed by atoms with van der Waals surface area (Å²) in [7, 11) is 0. The quantitative estimate of drug-likeness (QED) is 0.815. The first kappa shape index (κ1) is 16.8. The van der Waals surface area contributed by atoms with Crippen molar-refractivity contribution in [3.05, 3.63) is 0 Å². The van der Waals surface area contributed by atoms with Gasteiger partial charge in [-0.25, -0.2) is 0 Å². The molecule has 0 saturated carbocycles. The topological polar surface area (TPSA) is 44.4 Å². The molecule has 2 heterocycles.